The van der Waals surface area contributed by atoms with Crippen LogP contribution in [-0.4, -0.2) is 21.8 Å². The van der Waals surface area contributed by atoms with E-state index >= 15 is 0 Å². The van der Waals surface area contributed by atoms with Crippen LogP contribution in [0.3, 0.4) is 0 Å². The lowest BCUT2D eigenvalue weighted by Crippen LogP contribution is -2.26. The van der Waals surface area contributed by atoms with Crippen molar-refractivity contribution in [1.29, 1.82) is 0 Å². The smallest absolute Gasteiger partial charge is 0.272 e. The molecule has 0 bridgehead atoms. The molecule has 1 heterocycles. The zero-order valence-electron chi connectivity index (χ0n) is 5.39. The Morgan fingerprint density at radius 2 is 1.82 bits per heavy atom. The van der Waals surface area contributed by atoms with E-state index in [1.807, 2.05) is 0 Å². The van der Waals surface area contributed by atoms with E-state index in [-0.39, 0.29) is 12.8 Å². The fourth-order valence-electron chi connectivity index (χ4n) is 0.717. The molecule has 11 heavy (non-hydrogen) atoms. The van der Waals surface area contributed by atoms with Crippen LogP contribution in [0.25, 0.3) is 0 Å². The minimum Gasteiger partial charge on any atom is -0.272 e. The van der Waals surface area contributed by atoms with Gasteiger partial charge in [-0.25, -0.2) is 0 Å². The summed E-state index contributed by atoms with van der Waals surface area (Å²) in [6, 6.07) is 0. The first-order chi connectivity index (χ1) is 5.11. The zero-order valence-corrected chi connectivity index (χ0v) is 6.28. The average Bonchev–Trinajstić information content (AvgIpc) is 2.18. The molecule has 0 aromatic rings. The molecule has 1 N–H and O–H groups in total. The van der Waals surface area contributed by atoms with Crippen LogP contribution in [0.2, 0.25) is 0 Å². The van der Waals surface area contributed by atoms with Gasteiger partial charge in [-0.1, -0.05) is 0 Å². The molecule has 1 fully saturated rings. The van der Waals surface area contributed by atoms with Crippen molar-refractivity contribution in [2.24, 2.45) is 0 Å². The van der Waals surface area contributed by atoms with Gasteiger partial charge < -0.3 is 0 Å². The number of rotatable bonds is 2. The largest absolute Gasteiger partial charge is 0.719 e. The van der Waals surface area contributed by atoms with Gasteiger partial charge in [0, 0.05) is 22.0 Å². The monoisotopic (exact) mass is 178 g/mol. The third kappa shape index (κ3) is 1.80. The van der Waals surface area contributed by atoms with Crippen LogP contribution in [0.4, 0.5) is 0 Å². The summed E-state index contributed by atoms with van der Waals surface area (Å²) in [4.78, 5) is 29.5. The molecule has 6 nitrogen and oxygen atoms in total. The number of nitrogens with zero attached hydrogens (tertiary/aromatic N) is 1. The van der Waals surface area contributed by atoms with E-state index in [0.29, 0.717) is 5.06 Å². The molecule has 7 heteroatoms. The lowest BCUT2D eigenvalue weighted by molar-refractivity contribution is -0.164. The summed E-state index contributed by atoms with van der Waals surface area (Å²) >= 11 is 0. The Bertz CT molecular complexity index is 211. The van der Waals surface area contributed by atoms with Gasteiger partial charge >= 0.3 is 8.25 Å². The van der Waals surface area contributed by atoms with Gasteiger partial charge in [-0.15, -0.1) is 9.96 Å². The highest BCUT2D eigenvalue weighted by atomic mass is 31.1. The number of hydrogen-bond donors (Lipinski definition) is 1. The summed E-state index contributed by atoms with van der Waals surface area (Å²) in [6.45, 7) is 0. The van der Waals surface area contributed by atoms with Crippen molar-refractivity contribution >= 4 is 20.1 Å². The molecule has 0 aromatic carbocycles. The minimum atomic E-state index is -2.93. The number of imide groups is 1. The Labute approximate surface area is 62.7 Å². The summed E-state index contributed by atoms with van der Waals surface area (Å²) in [6.07, 6.45) is 0.0873. The molecule has 0 spiro atoms. The molecule has 1 unspecified atom stereocenters. The molecule has 1 aliphatic heterocycles. The summed E-state index contributed by atoms with van der Waals surface area (Å²) in [5.41, 5.74) is 0. The predicted molar refractivity (Wildman–Crippen MR) is 32.0 cm³/mol. The van der Waals surface area contributed by atoms with Gasteiger partial charge in [0.15, 0.2) is 0 Å². The van der Waals surface area contributed by atoms with Gasteiger partial charge in [-0.2, -0.15) is 0 Å². The van der Waals surface area contributed by atoms with E-state index in [1.54, 1.807) is 0 Å². The Morgan fingerprint density at radius 1 is 1.36 bits per heavy atom. The van der Waals surface area contributed by atoms with Crippen molar-refractivity contribution in [1.82, 2.24) is 5.06 Å². The fraction of sp³-hybridized carbons (Fsp3) is 0.500. The maximum Gasteiger partial charge on any atom is 0.719 e. The number of carbonyl (C=O) groups is 2. The van der Waals surface area contributed by atoms with E-state index in [0.717, 1.165) is 0 Å². The summed E-state index contributed by atoms with van der Waals surface area (Å²) in [5, 5.41) is 0.332. The first kappa shape index (κ1) is 8.26. The summed E-state index contributed by atoms with van der Waals surface area (Å²) < 4.78 is 14.1. The second-order valence-corrected chi connectivity index (χ2v) is 2.54. The first-order valence-electron chi connectivity index (χ1n) is 2.81. The second-order valence-electron chi connectivity index (χ2n) is 1.90. The van der Waals surface area contributed by atoms with Crippen LogP contribution in [0, 0.1) is 0 Å². The SMILES string of the molecule is O=C1CCC(=O)N1O[P+](=O)O. The van der Waals surface area contributed by atoms with Crippen LogP contribution >= 0.6 is 8.25 Å². The van der Waals surface area contributed by atoms with Crippen LogP contribution in [0.1, 0.15) is 12.8 Å². The standard InChI is InChI=1S/C4H4NO5P/c6-3-1-2-4(7)5(3)10-11(8)9/h1-2H2/p+1. The maximum absolute atomic E-state index is 10.7. The predicted octanol–water partition coefficient (Wildman–Crippen LogP) is -0.283. The van der Waals surface area contributed by atoms with Gasteiger partial charge in [0.1, 0.15) is 0 Å². The average molecular weight is 178 g/mol. The van der Waals surface area contributed by atoms with Crippen LogP contribution in [-0.2, 0) is 18.8 Å². The van der Waals surface area contributed by atoms with Crippen LogP contribution < -0.4 is 0 Å². The van der Waals surface area contributed by atoms with Gasteiger partial charge in [0.25, 0.3) is 11.8 Å². The van der Waals surface area contributed by atoms with E-state index in [9.17, 15) is 14.2 Å². The van der Waals surface area contributed by atoms with Gasteiger partial charge in [0.05, 0.1) is 0 Å². The highest BCUT2D eigenvalue weighted by Gasteiger charge is 2.37. The van der Waals surface area contributed by atoms with Crippen molar-refractivity contribution < 1.29 is 23.7 Å². The molecule has 0 saturated carbocycles. The molecule has 1 rings (SSSR count). The molecule has 1 saturated heterocycles. The Balaban J connectivity index is 2.62. The van der Waals surface area contributed by atoms with E-state index in [4.69, 9.17) is 4.89 Å². The van der Waals surface area contributed by atoms with Gasteiger partial charge in [-0.3, -0.25) is 9.59 Å². The maximum atomic E-state index is 10.7. The third-order valence-electron chi connectivity index (χ3n) is 1.16. The summed E-state index contributed by atoms with van der Waals surface area (Å²) in [7, 11) is -2.93. The highest BCUT2D eigenvalue weighted by Crippen LogP contribution is 2.22. The number of hydrogen-bond acceptors (Lipinski definition) is 4. The molecule has 1 aliphatic rings. The molecule has 0 aromatic heterocycles. The van der Waals surface area contributed by atoms with Gasteiger partial charge in [0.2, 0.25) is 0 Å². The first-order valence-corrected chi connectivity index (χ1v) is 3.94. The Kier molecular flexibility index (Phi) is 2.28. The topological polar surface area (TPSA) is 83.9 Å². The minimum absolute atomic E-state index is 0.0437. The molecule has 0 aliphatic carbocycles. The lowest BCUT2D eigenvalue weighted by Gasteiger charge is -1.99. The Morgan fingerprint density at radius 3 is 2.18 bits per heavy atom. The van der Waals surface area contributed by atoms with Crippen LogP contribution in [0.5, 0.6) is 0 Å². The molecule has 0 radical (unpaired) electrons. The number of hydroxylamine groups is 2. The molecule has 60 valence electrons. The van der Waals surface area contributed by atoms with Crippen molar-refractivity contribution in [3.05, 3.63) is 0 Å². The second kappa shape index (κ2) is 3.04. The Hall–Kier alpha value is -0.840. The van der Waals surface area contributed by atoms with Crippen LogP contribution in [0.15, 0.2) is 0 Å². The van der Waals surface area contributed by atoms with Crippen molar-refractivity contribution in [3.63, 3.8) is 0 Å². The van der Waals surface area contributed by atoms with E-state index < -0.39 is 20.1 Å². The van der Waals surface area contributed by atoms with E-state index in [2.05, 4.69) is 4.62 Å². The van der Waals surface area contributed by atoms with Crippen molar-refractivity contribution in [3.8, 4) is 0 Å². The number of amides is 2. The summed E-state index contributed by atoms with van der Waals surface area (Å²) in [5.74, 6) is -1.15. The zero-order chi connectivity index (χ0) is 8.43. The van der Waals surface area contributed by atoms with Gasteiger partial charge in [-0.05, 0) is 0 Å². The highest BCUT2D eigenvalue weighted by molar-refractivity contribution is 7.32. The lowest BCUT2D eigenvalue weighted by atomic mass is 10.4. The fourth-order valence-corrected chi connectivity index (χ4v) is 1.04. The molecular weight excluding hydrogens is 173 g/mol. The third-order valence-corrected chi connectivity index (χ3v) is 1.46. The normalized spacial score (nSPS) is 19.4. The van der Waals surface area contributed by atoms with Crippen molar-refractivity contribution in [2.75, 3.05) is 0 Å². The van der Waals surface area contributed by atoms with Crippen molar-refractivity contribution in [2.45, 2.75) is 12.8 Å². The number of carbonyl (C=O) groups excluding carboxylic acids is 2. The van der Waals surface area contributed by atoms with E-state index in [1.165, 1.54) is 0 Å². The quantitative estimate of drug-likeness (QED) is 0.464. The molecule has 2 amide bonds. The molecule has 1 atom stereocenters. The molecular formula is C4H5NO5P+.